The maximum Gasteiger partial charge on any atom is 0.244 e. The van der Waals surface area contributed by atoms with Gasteiger partial charge in [0.25, 0.3) is 0 Å². The fraction of sp³-hybridized carbons (Fsp3) is 0.550. The van der Waals surface area contributed by atoms with Crippen LogP contribution < -0.4 is 10.2 Å². The Kier molecular flexibility index (Phi) is 5.59. The first-order valence-electron chi connectivity index (χ1n) is 9.84. The third kappa shape index (κ3) is 4.49. The van der Waals surface area contributed by atoms with Gasteiger partial charge in [-0.15, -0.1) is 5.10 Å². The van der Waals surface area contributed by atoms with E-state index in [1.54, 1.807) is 6.20 Å². The molecule has 2 heterocycles. The second kappa shape index (κ2) is 8.45. The monoisotopic (exact) mass is 352 g/mol. The quantitative estimate of drug-likeness (QED) is 0.893. The first-order valence-corrected chi connectivity index (χ1v) is 9.84. The second-order valence-electron chi connectivity index (χ2n) is 7.37. The molecule has 138 valence electrons. The molecule has 2 aliphatic rings. The summed E-state index contributed by atoms with van der Waals surface area (Å²) in [6, 6.07) is 11.2. The van der Waals surface area contributed by atoms with Crippen LogP contribution in [-0.2, 0) is 6.54 Å². The van der Waals surface area contributed by atoms with Crippen molar-refractivity contribution >= 4 is 11.8 Å². The van der Waals surface area contributed by atoms with Gasteiger partial charge in [-0.25, -0.2) is 0 Å². The first kappa shape index (κ1) is 17.2. The fourth-order valence-electron chi connectivity index (χ4n) is 3.91. The largest absolute Gasteiger partial charge is 0.353 e. The summed E-state index contributed by atoms with van der Waals surface area (Å²) in [6.07, 6.45) is 8.17. The molecule has 1 aromatic heterocycles. The molecule has 6 heteroatoms. The zero-order chi connectivity index (χ0) is 17.6. The predicted octanol–water partition coefficient (Wildman–Crippen LogP) is 2.94. The summed E-state index contributed by atoms with van der Waals surface area (Å²) in [6.45, 7) is 5.07. The van der Waals surface area contributed by atoms with E-state index >= 15 is 0 Å². The molecule has 2 aromatic rings. The van der Waals surface area contributed by atoms with E-state index in [0.29, 0.717) is 12.0 Å². The molecule has 0 atom stereocenters. The molecule has 2 fully saturated rings. The minimum absolute atomic E-state index is 0.503. The van der Waals surface area contributed by atoms with Crippen molar-refractivity contribution in [2.45, 2.75) is 44.7 Å². The summed E-state index contributed by atoms with van der Waals surface area (Å²) < 4.78 is 0. The van der Waals surface area contributed by atoms with Crippen molar-refractivity contribution in [3.8, 4) is 0 Å². The van der Waals surface area contributed by atoms with Gasteiger partial charge in [-0.1, -0.05) is 49.6 Å². The average Bonchev–Trinajstić information content (AvgIpc) is 2.70. The third-order valence-corrected chi connectivity index (χ3v) is 5.43. The zero-order valence-electron chi connectivity index (χ0n) is 15.3. The van der Waals surface area contributed by atoms with Crippen molar-refractivity contribution in [2.75, 3.05) is 36.4 Å². The second-order valence-corrected chi connectivity index (χ2v) is 7.37. The molecule has 0 bridgehead atoms. The van der Waals surface area contributed by atoms with Crippen LogP contribution in [0.2, 0.25) is 0 Å². The molecular weight excluding hydrogens is 324 g/mol. The van der Waals surface area contributed by atoms with Crippen LogP contribution in [0.4, 0.5) is 11.8 Å². The number of rotatable bonds is 5. The Morgan fingerprint density at radius 3 is 2.50 bits per heavy atom. The van der Waals surface area contributed by atoms with Crippen molar-refractivity contribution in [1.29, 1.82) is 0 Å². The Bertz CT molecular complexity index is 678. The van der Waals surface area contributed by atoms with Gasteiger partial charge in [0.15, 0.2) is 5.82 Å². The van der Waals surface area contributed by atoms with Gasteiger partial charge in [0, 0.05) is 38.8 Å². The van der Waals surface area contributed by atoms with Crippen molar-refractivity contribution in [1.82, 2.24) is 20.1 Å². The van der Waals surface area contributed by atoms with Crippen LogP contribution in [0.15, 0.2) is 36.5 Å². The van der Waals surface area contributed by atoms with E-state index in [2.05, 4.69) is 55.6 Å². The molecule has 1 saturated carbocycles. The highest BCUT2D eigenvalue weighted by Gasteiger charge is 2.20. The Morgan fingerprint density at radius 1 is 0.962 bits per heavy atom. The van der Waals surface area contributed by atoms with E-state index in [9.17, 15) is 0 Å². The lowest BCUT2D eigenvalue weighted by Gasteiger charge is -2.35. The van der Waals surface area contributed by atoms with Gasteiger partial charge >= 0.3 is 0 Å². The van der Waals surface area contributed by atoms with Crippen LogP contribution in [0.3, 0.4) is 0 Å². The standard InChI is InChI=1S/C20H28N6/c1-3-7-17(8-4-1)16-25-11-13-26(14-12-25)19-15-21-24-20(23-19)22-18-9-5-2-6-10-18/h1,3-4,7-8,15,18H,2,5-6,9-14,16H2,(H,22,23,24). The van der Waals surface area contributed by atoms with Crippen LogP contribution in [0.1, 0.15) is 37.7 Å². The van der Waals surface area contributed by atoms with Crippen molar-refractivity contribution < 1.29 is 0 Å². The van der Waals surface area contributed by atoms with Gasteiger partial charge in [-0.2, -0.15) is 10.1 Å². The number of hydrogen-bond donors (Lipinski definition) is 1. The molecule has 1 saturated heterocycles. The smallest absolute Gasteiger partial charge is 0.244 e. The fourth-order valence-corrected chi connectivity index (χ4v) is 3.91. The van der Waals surface area contributed by atoms with E-state index in [4.69, 9.17) is 4.98 Å². The number of aromatic nitrogens is 3. The summed E-state index contributed by atoms with van der Waals surface area (Å²) >= 11 is 0. The van der Waals surface area contributed by atoms with Crippen LogP contribution in [0.5, 0.6) is 0 Å². The Morgan fingerprint density at radius 2 is 1.73 bits per heavy atom. The topological polar surface area (TPSA) is 57.2 Å². The molecule has 0 amide bonds. The molecular formula is C20H28N6. The van der Waals surface area contributed by atoms with Crippen LogP contribution in [0, 0.1) is 0 Å². The van der Waals surface area contributed by atoms with Crippen molar-refractivity contribution in [3.05, 3.63) is 42.1 Å². The van der Waals surface area contributed by atoms with Crippen molar-refractivity contribution in [3.63, 3.8) is 0 Å². The van der Waals surface area contributed by atoms with Crippen LogP contribution in [-0.4, -0.2) is 52.3 Å². The predicted molar refractivity (Wildman–Crippen MR) is 104 cm³/mol. The summed E-state index contributed by atoms with van der Waals surface area (Å²) in [5.74, 6) is 1.62. The lowest BCUT2D eigenvalue weighted by atomic mass is 9.96. The number of nitrogens with one attached hydrogen (secondary N) is 1. The minimum Gasteiger partial charge on any atom is -0.353 e. The van der Waals surface area contributed by atoms with E-state index in [0.717, 1.165) is 38.5 Å². The van der Waals surface area contributed by atoms with Gasteiger partial charge in [0.1, 0.15) is 0 Å². The number of nitrogens with zero attached hydrogens (tertiary/aromatic N) is 5. The molecule has 1 aliphatic heterocycles. The summed E-state index contributed by atoms with van der Waals surface area (Å²) in [7, 11) is 0. The molecule has 26 heavy (non-hydrogen) atoms. The maximum absolute atomic E-state index is 4.72. The molecule has 1 N–H and O–H groups in total. The Balaban J connectivity index is 1.31. The molecule has 6 nitrogen and oxygen atoms in total. The summed E-state index contributed by atoms with van der Waals surface area (Å²) in [5, 5.41) is 11.9. The van der Waals surface area contributed by atoms with Crippen molar-refractivity contribution in [2.24, 2.45) is 0 Å². The van der Waals surface area contributed by atoms with Gasteiger partial charge in [0.05, 0.1) is 6.20 Å². The van der Waals surface area contributed by atoms with Crippen LogP contribution in [0.25, 0.3) is 0 Å². The number of hydrogen-bond acceptors (Lipinski definition) is 6. The van der Waals surface area contributed by atoms with E-state index in [1.807, 2.05) is 0 Å². The maximum atomic E-state index is 4.72. The van der Waals surface area contributed by atoms with E-state index < -0.39 is 0 Å². The first-order chi connectivity index (χ1) is 12.9. The highest BCUT2D eigenvalue weighted by molar-refractivity contribution is 5.41. The van der Waals surface area contributed by atoms with E-state index in [-0.39, 0.29) is 0 Å². The number of benzene rings is 1. The molecule has 0 unspecified atom stereocenters. The van der Waals surface area contributed by atoms with Gasteiger partial charge in [0.2, 0.25) is 5.95 Å². The van der Waals surface area contributed by atoms with Gasteiger partial charge in [-0.3, -0.25) is 4.90 Å². The highest BCUT2D eigenvalue weighted by atomic mass is 15.3. The van der Waals surface area contributed by atoms with Gasteiger partial charge < -0.3 is 10.2 Å². The third-order valence-electron chi connectivity index (χ3n) is 5.43. The summed E-state index contributed by atoms with van der Waals surface area (Å²) in [5.41, 5.74) is 1.38. The highest BCUT2D eigenvalue weighted by Crippen LogP contribution is 2.21. The Labute approximate surface area is 155 Å². The molecule has 4 rings (SSSR count). The number of piperazine rings is 1. The molecule has 1 aromatic carbocycles. The lowest BCUT2D eigenvalue weighted by molar-refractivity contribution is 0.249. The normalized spacial score (nSPS) is 19.5. The average molecular weight is 352 g/mol. The molecule has 0 radical (unpaired) electrons. The minimum atomic E-state index is 0.503. The lowest BCUT2D eigenvalue weighted by Crippen LogP contribution is -2.46. The zero-order valence-corrected chi connectivity index (χ0v) is 15.3. The van der Waals surface area contributed by atoms with Gasteiger partial charge in [-0.05, 0) is 18.4 Å². The van der Waals surface area contributed by atoms with Crippen LogP contribution >= 0.6 is 0 Å². The Hall–Kier alpha value is -2.21. The summed E-state index contributed by atoms with van der Waals surface area (Å²) in [4.78, 5) is 9.55. The SMILES string of the molecule is c1ccc(CN2CCN(c3cnnc(NC4CCCCC4)n3)CC2)cc1. The molecule has 1 aliphatic carbocycles. The molecule has 0 spiro atoms. The van der Waals surface area contributed by atoms with E-state index in [1.165, 1.54) is 37.7 Å². The number of anilines is 2.